The van der Waals surface area contributed by atoms with Gasteiger partial charge < -0.3 is 4.90 Å². The maximum Gasteiger partial charge on any atom is 0.152 e. The first-order valence-corrected chi connectivity index (χ1v) is 12.5. The Kier molecular flexibility index (Phi) is 5.86. The largest absolute Gasteiger partial charge is 0.366 e. The highest BCUT2D eigenvalue weighted by molar-refractivity contribution is 7.91. The molecule has 4 rings (SSSR count). The second kappa shape index (κ2) is 8.10. The van der Waals surface area contributed by atoms with Crippen LogP contribution in [-0.4, -0.2) is 60.8 Å². The van der Waals surface area contributed by atoms with Crippen LogP contribution < -0.4 is 4.90 Å². The van der Waals surface area contributed by atoms with E-state index < -0.39 is 9.84 Å². The third kappa shape index (κ3) is 4.43. The summed E-state index contributed by atoms with van der Waals surface area (Å²) in [7, 11) is -2.93. The number of aryl methyl sites for hydroxylation is 1. The number of halogens is 2. The molecular weight excluding hydrogens is 431 g/mol. The minimum absolute atomic E-state index is 0.0409. The molecule has 0 spiro atoms. The molecule has 29 heavy (non-hydrogen) atoms. The molecule has 2 aliphatic rings. The predicted molar refractivity (Wildman–Crippen MR) is 118 cm³/mol. The van der Waals surface area contributed by atoms with Gasteiger partial charge in [0.15, 0.2) is 9.84 Å². The molecule has 0 N–H and O–H groups in total. The zero-order chi connectivity index (χ0) is 20.8. The zero-order valence-electron chi connectivity index (χ0n) is 16.7. The molecule has 1 atom stereocenters. The summed E-state index contributed by atoms with van der Waals surface area (Å²) in [6, 6.07) is 5.62. The third-order valence-corrected chi connectivity index (χ3v) is 8.28. The molecule has 0 bridgehead atoms. The van der Waals surface area contributed by atoms with Crippen molar-refractivity contribution in [3.05, 3.63) is 45.2 Å². The van der Waals surface area contributed by atoms with Gasteiger partial charge >= 0.3 is 0 Å². The van der Waals surface area contributed by atoms with Gasteiger partial charge in [-0.1, -0.05) is 29.3 Å². The zero-order valence-corrected chi connectivity index (χ0v) is 19.1. The highest BCUT2D eigenvalue weighted by Gasteiger charge is 2.32. The second-order valence-electron chi connectivity index (χ2n) is 8.02. The minimum atomic E-state index is -2.93. The maximum atomic E-state index is 11.9. The van der Waals surface area contributed by atoms with Gasteiger partial charge in [-0.15, -0.1) is 0 Å². The van der Waals surface area contributed by atoms with Crippen molar-refractivity contribution in [3.8, 4) is 0 Å². The number of sulfone groups is 1. The number of aromatic nitrogens is 2. The van der Waals surface area contributed by atoms with Crippen LogP contribution in [0, 0.1) is 13.8 Å². The van der Waals surface area contributed by atoms with E-state index in [1.807, 2.05) is 23.7 Å². The molecule has 0 radical (unpaired) electrons. The molecule has 2 saturated heterocycles. The number of benzene rings is 1. The van der Waals surface area contributed by atoms with E-state index in [-0.39, 0.29) is 17.5 Å². The Bertz CT molecular complexity index is 1010. The average Bonchev–Trinajstić information content (AvgIpc) is 3.17. The lowest BCUT2D eigenvalue weighted by molar-refractivity contribution is 0.249. The molecular formula is C20H26Cl2N4O2S. The normalized spacial score (nSPS) is 22.3. The fourth-order valence-corrected chi connectivity index (χ4v) is 6.62. The smallest absolute Gasteiger partial charge is 0.152 e. The van der Waals surface area contributed by atoms with Crippen LogP contribution in [0.2, 0.25) is 10.0 Å². The second-order valence-corrected chi connectivity index (χ2v) is 11.1. The van der Waals surface area contributed by atoms with Crippen LogP contribution in [0.15, 0.2) is 18.2 Å². The molecule has 9 heteroatoms. The van der Waals surface area contributed by atoms with Gasteiger partial charge in [0.05, 0.1) is 34.6 Å². The van der Waals surface area contributed by atoms with Crippen LogP contribution in [-0.2, 0) is 16.4 Å². The Morgan fingerprint density at radius 1 is 1.14 bits per heavy atom. The number of hydrogen-bond acceptors (Lipinski definition) is 5. The van der Waals surface area contributed by atoms with Gasteiger partial charge in [0.2, 0.25) is 0 Å². The lowest BCUT2D eigenvalue weighted by atomic mass is 10.1. The first kappa shape index (κ1) is 21.0. The molecule has 3 heterocycles. The third-order valence-electron chi connectivity index (χ3n) is 5.94. The van der Waals surface area contributed by atoms with Gasteiger partial charge in [-0.2, -0.15) is 5.10 Å². The first-order chi connectivity index (χ1) is 13.7. The monoisotopic (exact) mass is 456 g/mol. The van der Waals surface area contributed by atoms with Gasteiger partial charge in [-0.05, 0) is 38.0 Å². The molecule has 2 fully saturated rings. The summed E-state index contributed by atoms with van der Waals surface area (Å²) in [6.45, 7) is 8.55. The highest BCUT2D eigenvalue weighted by atomic mass is 35.5. The van der Waals surface area contributed by atoms with Crippen LogP contribution in [0.25, 0.3) is 0 Å². The predicted octanol–water partition coefficient (Wildman–Crippen LogP) is 3.49. The summed E-state index contributed by atoms with van der Waals surface area (Å²) < 4.78 is 25.7. The fourth-order valence-electron chi connectivity index (χ4n) is 4.46. The van der Waals surface area contributed by atoms with Gasteiger partial charge in [0.1, 0.15) is 0 Å². The minimum Gasteiger partial charge on any atom is -0.366 e. The van der Waals surface area contributed by atoms with Gasteiger partial charge in [-0.25, -0.2) is 8.42 Å². The van der Waals surface area contributed by atoms with Gasteiger partial charge in [0, 0.05) is 42.8 Å². The SMILES string of the molecule is Cc1nn(C2CCS(=O)(=O)C2)c(C)c1N1CCN(Cc2ccc(Cl)cc2Cl)CC1. The Morgan fingerprint density at radius 3 is 2.48 bits per heavy atom. The van der Waals surface area contributed by atoms with Gasteiger partial charge in [0.25, 0.3) is 0 Å². The molecule has 0 aliphatic carbocycles. The molecule has 0 amide bonds. The van der Waals surface area contributed by atoms with Crippen molar-refractivity contribution in [3.63, 3.8) is 0 Å². The van der Waals surface area contributed by atoms with Crippen molar-refractivity contribution in [2.75, 3.05) is 42.6 Å². The number of hydrogen-bond donors (Lipinski definition) is 0. The molecule has 2 aliphatic heterocycles. The first-order valence-electron chi connectivity index (χ1n) is 9.91. The number of nitrogens with zero attached hydrogens (tertiary/aromatic N) is 4. The van der Waals surface area contributed by atoms with E-state index in [2.05, 4.69) is 16.7 Å². The fraction of sp³-hybridized carbons (Fsp3) is 0.550. The number of rotatable bonds is 4. The summed E-state index contributed by atoms with van der Waals surface area (Å²) >= 11 is 12.3. The Hall–Kier alpha value is -1.28. The van der Waals surface area contributed by atoms with Crippen molar-refractivity contribution in [1.82, 2.24) is 14.7 Å². The molecule has 2 aromatic rings. The number of anilines is 1. The molecule has 6 nitrogen and oxygen atoms in total. The van der Waals surface area contributed by atoms with Crippen LogP contribution in [0.5, 0.6) is 0 Å². The van der Waals surface area contributed by atoms with E-state index in [1.54, 1.807) is 6.07 Å². The molecule has 1 aromatic heterocycles. The topological polar surface area (TPSA) is 58.4 Å². The van der Waals surface area contributed by atoms with Crippen molar-refractivity contribution in [1.29, 1.82) is 0 Å². The summed E-state index contributed by atoms with van der Waals surface area (Å²) in [5.74, 6) is 0.460. The Labute approximate surface area is 182 Å². The molecule has 0 saturated carbocycles. The van der Waals surface area contributed by atoms with Crippen LogP contribution in [0.1, 0.15) is 29.4 Å². The van der Waals surface area contributed by atoms with E-state index in [0.29, 0.717) is 16.5 Å². The molecule has 158 valence electrons. The summed E-state index contributed by atoms with van der Waals surface area (Å²) in [4.78, 5) is 4.77. The average molecular weight is 457 g/mol. The van der Waals surface area contributed by atoms with E-state index in [9.17, 15) is 8.42 Å². The molecule has 1 unspecified atom stereocenters. The van der Waals surface area contributed by atoms with Crippen LogP contribution in [0.4, 0.5) is 5.69 Å². The van der Waals surface area contributed by atoms with E-state index in [1.165, 1.54) is 0 Å². The van der Waals surface area contributed by atoms with Crippen molar-refractivity contribution >= 4 is 38.7 Å². The highest BCUT2D eigenvalue weighted by Crippen LogP contribution is 2.32. The number of piperazine rings is 1. The summed E-state index contributed by atoms with van der Waals surface area (Å²) in [5.41, 5.74) is 4.28. The van der Waals surface area contributed by atoms with E-state index in [0.717, 1.165) is 55.4 Å². The Balaban J connectivity index is 1.43. The van der Waals surface area contributed by atoms with Gasteiger partial charge in [-0.3, -0.25) is 9.58 Å². The van der Waals surface area contributed by atoms with Crippen LogP contribution in [0.3, 0.4) is 0 Å². The standard InChI is InChI=1S/C20H26Cl2N4O2S/c1-14-20(15(2)26(23-14)18-5-10-29(27,28)13-18)25-8-6-24(7-9-25)12-16-3-4-17(21)11-19(16)22/h3-4,11,18H,5-10,12-13H2,1-2H3. The lowest BCUT2D eigenvalue weighted by Crippen LogP contribution is -2.46. The van der Waals surface area contributed by atoms with E-state index >= 15 is 0 Å². The molecule has 1 aromatic carbocycles. The quantitative estimate of drug-likeness (QED) is 0.704. The summed E-state index contributed by atoms with van der Waals surface area (Å²) in [6.07, 6.45) is 0.652. The van der Waals surface area contributed by atoms with Crippen molar-refractivity contribution in [2.45, 2.75) is 32.9 Å². The Morgan fingerprint density at radius 2 is 1.86 bits per heavy atom. The van der Waals surface area contributed by atoms with E-state index in [4.69, 9.17) is 28.3 Å². The lowest BCUT2D eigenvalue weighted by Gasteiger charge is -2.36. The summed E-state index contributed by atoms with van der Waals surface area (Å²) in [5, 5.41) is 6.07. The van der Waals surface area contributed by atoms with Crippen molar-refractivity contribution in [2.24, 2.45) is 0 Å². The van der Waals surface area contributed by atoms with Crippen molar-refractivity contribution < 1.29 is 8.42 Å². The maximum absolute atomic E-state index is 11.9. The van der Waals surface area contributed by atoms with Crippen LogP contribution >= 0.6 is 23.2 Å².